The topological polar surface area (TPSA) is 55.6 Å². The quantitative estimate of drug-likeness (QED) is 0.854. The van der Waals surface area contributed by atoms with E-state index >= 15 is 0 Å². The number of hydrogen-bond acceptors (Lipinski definition) is 3. The Morgan fingerprint density at radius 1 is 1.13 bits per heavy atom. The van der Waals surface area contributed by atoms with E-state index in [0.717, 1.165) is 11.3 Å². The largest absolute Gasteiger partial charge is 0.492 e. The van der Waals surface area contributed by atoms with Crippen molar-refractivity contribution < 1.29 is 9.53 Å². The predicted octanol–water partition coefficient (Wildman–Crippen LogP) is 2.40. The molecule has 2 aromatic carbocycles. The minimum atomic E-state index is -0.526. The van der Waals surface area contributed by atoms with Crippen LogP contribution in [0.2, 0.25) is 0 Å². The van der Waals surface area contributed by atoms with Crippen LogP contribution in [0.5, 0.6) is 5.75 Å². The summed E-state index contributed by atoms with van der Waals surface area (Å²) in [6, 6.07) is 17.1. The molecular formula is C19H24N2O2. The molecule has 0 saturated heterocycles. The van der Waals surface area contributed by atoms with Crippen molar-refractivity contribution in [3.8, 4) is 5.75 Å². The summed E-state index contributed by atoms with van der Waals surface area (Å²) < 4.78 is 5.65. The van der Waals surface area contributed by atoms with Crippen LogP contribution in [0.1, 0.15) is 11.1 Å². The number of carbonyl (C=O) groups is 1. The molecule has 0 bridgehead atoms. The van der Waals surface area contributed by atoms with E-state index < -0.39 is 6.04 Å². The second-order valence-electron chi connectivity index (χ2n) is 5.72. The molecule has 2 rings (SSSR count). The maximum absolute atomic E-state index is 12.3. The Hall–Kier alpha value is -2.33. The lowest BCUT2D eigenvalue weighted by atomic mass is 10.1. The van der Waals surface area contributed by atoms with E-state index in [0.29, 0.717) is 19.6 Å². The highest BCUT2D eigenvalue weighted by Gasteiger charge is 2.18. The average molecular weight is 312 g/mol. The molecule has 0 aliphatic carbocycles. The molecule has 0 heterocycles. The third-order valence-corrected chi connectivity index (χ3v) is 3.71. The van der Waals surface area contributed by atoms with Crippen LogP contribution in [0.25, 0.3) is 0 Å². The van der Waals surface area contributed by atoms with Crippen LogP contribution in [-0.2, 0) is 11.2 Å². The van der Waals surface area contributed by atoms with Crippen LogP contribution in [0.4, 0.5) is 0 Å². The van der Waals surface area contributed by atoms with Crippen molar-refractivity contribution in [1.82, 2.24) is 4.90 Å². The van der Waals surface area contributed by atoms with Crippen molar-refractivity contribution in [2.75, 3.05) is 20.2 Å². The summed E-state index contributed by atoms with van der Waals surface area (Å²) >= 11 is 0. The Bertz CT molecular complexity index is 611. The van der Waals surface area contributed by atoms with Gasteiger partial charge in [-0.1, -0.05) is 48.0 Å². The number of rotatable bonds is 7. The molecule has 122 valence electrons. The Morgan fingerprint density at radius 2 is 1.78 bits per heavy atom. The number of amides is 1. The van der Waals surface area contributed by atoms with Crippen molar-refractivity contribution in [2.45, 2.75) is 19.4 Å². The standard InChI is InChI=1S/C19H24N2O2/c1-15-8-10-17(11-9-15)23-13-12-21(2)19(22)18(20)14-16-6-4-3-5-7-16/h3-11,18H,12-14,20H2,1-2H3. The molecule has 4 nitrogen and oxygen atoms in total. The zero-order chi connectivity index (χ0) is 16.7. The first-order valence-electron chi connectivity index (χ1n) is 7.80. The van der Waals surface area contributed by atoms with Gasteiger partial charge in [-0.3, -0.25) is 4.79 Å². The molecule has 2 aromatic rings. The SMILES string of the molecule is Cc1ccc(OCCN(C)C(=O)C(N)Cc2ccccc2)cc1. The third kappa shape index (κ3) is 5.42. The number of aryl methyl sites for hydroxylation is 1. The fraction of sp³-hybridized carbons (Fsp3) is 0.316. The molecule has 2 N–H and O–H groups in total. The predicted molar refractivity (Wildman–Crippen MR) is 92.4 cm³/mol. The number of carbonyl (C=O) groups excluding carboxylic acids is 1. The molecule has 0 aromatic heterocycles. The smallest absolute Gasteiger partial charge is 0.239 e. The molecule has 1 atom stereocenters. The minimum absolute atomic E-state index is 0.0682. The number of likely N-dealkylation sites (N-methyl/N-ethyl adjacent to an activating group) is 1. The molecule has 1 amide bonds. The number of nitrogens with zero attached hydrogens (tertiary/aromatic N) is 1. The summed E-state index contributed by atoms with van der Waals surface area (Å²) in [5.41, 5.74) is 8.28. The number of ether oxygens (including phenoxy) is 1. The van der Waals surface area contributed by atoms with Crippen molar-refractivity contribution >= 4 is 5.91 Å². The van der Waals surface area contributed by atoms with Gasteiger partial charge in [-0.2, -0.15) is 0 Å². The molecule has 0 fully saturated rings. The highest BCUT2D eigenvalue weighted by Crippen LogP contribution is 2.11. The Morgan fingerprint density at radius 3 is 2.43 bits per heavy atom. The summed E-state index contributed by atoms with van der Waals surface area (Å²) in [4.78, 5) is 13.9. The first kappa shape index (κ1) is 17.0. The lowest BCUT2D eigenvalue weighted by Gasteiger charge is -2.21. The van der Waals surface area contributed by atoms with Gasteiger partial charge in [-0.05, 0) is 31.0 Å². The summed E-state index contributed by atoms with van der Waals surface area (Å²) in [5, 5.41) is 0. The fourth-order valence-electron chi connectivity index (χ4n) is 2.28. The minimum Gasteiger partial charge on any atom is -0.492 e. The summed E-state index contributed by atoms with van der Waals surface area (Å²) in [7, 11) is 1.76. The van der Waals surface area contributed by atoms with Gasteiger partial charge in [-0.25, -0.2) is 0 Å². The van der Waals surface area contributed by atoms with Crippen LogP contribution in [0, 0.1) is 6.92 Å². The van der Waals surface area contributed by atoms with Gasteiger partial charge in [-0.15, -0.1) is 0 Å². The van der Waals surface area contributed by atoms with Gasteiger partial charge in [0.05, 0.1) is 12.6 Å². The van der Waals surface area contributed by atoms with Gasteiger partial charge >= 0.3 is 0 Å². The van der Waals surface area contributed by atoms with Gasteiger partial charge in [0.1, 0.15) is 12.4 Å². The molecule has 1 unspecified atom stereocenters. The van der Waals surface area contributed by atoms with E-state index in [9.17, 15) is 4.79 Å². The van der Waals surface area contributed by atoms with Crippen molar-refractivity contribution in [2.24, 2.45) is 5.73 Å². The van der Waals surface area contributed by atoms with Crippen molar-refractivity contribution in [1.29, 1.82) is 0 Å². The Balaban J connectivity index is 1.76. The van der Waals surface area contributed by atoms with E-state index in [1.165, 1.54) is 5.56 Å². The monoisotopic (exact) mass is 312 g/mol. The normalized spacial score (nSPS) is 11.8. The number of nitrogens with two attached hydrogens (primary N) is 1. The second kappa shape index (κ2) is 8.34. The van der Waals surface area contributed by atoms with E-state index in [1.807, 2.05) is 61.5 Å². The lowest BCUT2D eigenvalue weighted by molar-refractivity contribution is -0.131. The average Bonchev–Trinajstić information content (AvgIpc) is 2.56. The highest BCUT2D eigenvalue weighted by atomic mass is 16.5. The first-order valence-corrected chi connectivity index (χ1v) is 7.80. The van der Waals surface area contributed by atoms with Gasteiger partial charge < -0.3 is 15.4 Å². The van der Waals surface area contributed by atoms with Crippen LogP contribution in [-0.4, -0.2) is 37.0 Å². The maximum atomic E-state index is 12.3. The third-order valence-electron chi connectivity index (χ3n) is 3.71. The van der Waals surface area contributed by atoms with E-state index in [4.69, 9.17) is 10.5 Å². The van der Waals surface area contributed by atoms with E-state index in [-0.39, 0.29) is 5.91 Å². The molecule has 23 heavy (non-hydrogen) atoms. The maximum Gasteiger partial charge on any atom is 0.239 e. The van der Waals surface area contributed by atoms with Crippen LogP contribution in [0.3, 0.4) is 0 Å². The molecular weight excluding hydrogens is 288 g/mol. The summed E-state index contributed by atoms with van der Waals surface area (Å²) in [5.74, 6) is 0.742. The van der Waals surface area contributed by atoms with E-state index in [1.54, 1.807) is 11.9 Å². The van der Waals surface area contributed by atoms with Crippen molar-refractivity contribution in [3.05, 3.63) is 65.7 Å². The first-order chi connectivity index (χ1) is 11.1. The van der Waals surface area contributed by atoms with Crippen LogP contribution >= 0.6 is 0 Å². The van der Waals surface area contributed by atoms with Gasteiger partial charge in [0.2, 0.25) is 5.91 Å². The Kier molecular flexibility index (Phi) is 6.18. The van der Waals surface area contributed by atoms with Crippen LogP contribution < -0.4 is 10.5 Å². The van der Waals surface area contributed by atoms with Gasteiger partial charge in [0.15, 0.2) is 0 Å². The highest BCUT2D eigenvalue weighted by molar-refractivity contribution is 5.81. The second-order valence-corrected chi connectivity index (χ2v) is 5.72. The number of benzene rings is 2. The summed E-state index contributed by atoms with van der Waals surface area (Å²) in [6.45, 7) is 2.99. The molecule has 0 saturated carbocycles. The number of hydrogen-bond donors (Lipinski definition) is 1. The summed E-state index contributed by atoms with van der Waals surface area (Å²) in [6.07, 6.45) is 0.544. The zero-order valence-corrected chi connectivity index (χ0v) is 13.7. The Labute approximate surface area is 137 Å². The lowest BCUT2D eigenvalue weighted by Crippen LogP contribution is -2.44. The van der Waals surface area contributed by atoms with Crippen LogP contribution in [0.15, 0.2) is 54.6 Å². The molecule has 0 aliphatic heterocycles. The van der Waals surface area contributed by atoms with Gasteiger partial charge in [0.25, 0.3) is 0 Å². The molecule has 0 spiro atoms. The molecule has 4 heteroatoms. The zero-order valence-electron chi connectivity index (χ0n) is 13.7. The van der Waals surface area contributed by atoms with E-state index in [2.05, 4.69) is 0 Å². The van der Waals surface area contributed by atoms with Gasteiger partial charge in [0, 0.05) is 7.05 Å². The van der Waals surface area contributed by atoms with Crippen molar-refractivity contribution in [3.63, 3.8) is 0 Å². The molecule has 0 radical (unpaired) electrons. The fourth-order valence-corrected chi connectivity index (χ4v) is 2.28. The molecule has 0 aliphatic rings.